The summed E-state index contributed by atoms with van der Waals surface area (Å²) in [5.74, 6) is 0.627. The number of hydrogen-bond donors (Lipinski definition) is 2. The van der Waals surface area contributed by atoms with Crippen molar-refractivity contribution in [2.75, 3.05) is 6.54 Å². The summed E-state index contributed by atoms with van der Waals surface area (Å²) in [4.78, 5) is 0. The molecule has 2 rings (SSSR count). The van der Waals surface area contributed by atoms with Crippen LogP contribution in [0.4, 0.5) is 0 Å². The molecule has 1 heterocycles. The molecule has 1 atom stereocenters. The third-order valence-corrected chi connectivity index (χ3v) is 3.63. The number of aromatic nitrogens is 2. The van der Waals surface area contributed by atoms with Gasteiger partial charge in [0.2, 0.25) is 0 Å². The lowest BCUT2D eigenvalue weighted by Crippen LogP contribution is -2.15. The highest BCUT2D eigenvalue weighted by Crippen LogP contribution is 2.27. The third-order valence-electron chi connectivity index (χ3n) is 3.63. The maximum absolute atomic E-state index is 5.99. The highest BCUT2D eigenvalue weighted by molar-refractivity contribution is 5.38. The molecule has 102 valence electrons. The highest BCUT2D eigenvalue weighted by Gasteiger charge is 2.18. The summed E-state index contributed by atoms with van der Waals surface area (Å²) in [7, 11) is 0. The maximum atomic E-state index is 5.99. The van der Waals surface area contributed by atoms with Crippen molar-refractivity contribution in [2.45, 2.75) is 39.5 Å². The topological polar surface area (TPSA) is 54.7 Å². The standard InChI is InChI=1S/C16H23N3/c1-10(2)15-8-16(19-18-15)14(9-17)13-7-11(3)5-6-12(13)4/h5-8,10,14H,9,17H2,1-4H3,(H,18,19). The highest BCUT2D eigenvalue weighted by atomic mass is 15.1. The SMILES string of the molecule is Cc1ccc(C)c(C(CN)c2cc(C(C)C)n[nH]2)c1. The minimum Gasteiger partial charge on any atom is -0.329 e. The summed E-state index contributed by atoms with van der Waals surface area (Å²) in [6, 6.07) is 8.67. The van der Waals surface area contributed by atoms with Crippen molar-refractivity contribution in [1.29, 1.82) is 0 Å². The first-order chi connectivity index (χ1) is 9.02. The van der Waals surface area contributed by atoms with Crippen molar-refractivity contribution in [3.05, 3.63) is 52.3 Å². The number of rotatable bonds is 4. The maximum Gasteiger partial charge on any atom is 0.0650 e. The van der Waals surface area contributed by atoms with Gasteiger partial charge in [-0.2, -0.15) is 5.10 Å². The van der Waals surface area contributed by atoms with Crippen LogP contribution in [0.5, 0.6) is 0 Å². The molecule has 3 heteroatoms. The van der Waals surface area contributed by atoms with Gasteiger partial charge in [-0.05, 0) is 37.0 Å². The van der Waals surface area contributed by atoms with Gasteiger partial charge in [-0.1, -0.05) is 37.6 Å². The predicted molar refractivity (Wildman–Crippen MR) is 79.5 cm³/mol. The number of nitrogens with two attached hydrogens (primary N) is 1. The Balaban J connectivity index is 2.40. The van der Waals surface area contributed by atoms with E-state index in [1.807, 2.05) is 0 Å². The second-order valence-electron chi connectivity index (χ2n) is 5.55. The number of benzene rings is 1. The first-order valence-electron chi connectivity index (χ1n) is 6.85. The van der Waals surface area contributed by atoms with E-state index in [0.29, 0.717) is 12.5 Å². The molecule has 0 aliphatic heterocycles. The minimum absolute atomic E-state index is 0.194. The Hall–Kier alpha value is -1.61. The molecule has 0 bridgehead atoms. The lowest BCUT2D eigenvalue weighted by molar-refractivity contribution is 0.767. The van der Waals surface area contributed by atoms with Crippen molar-refractivity contribution >= 4 is 0 Å². The van der Waals surface area contributed by atoms with Crippen molar-refractivity contribution in [3.63, 3.8) is 0 Å². The zero-order valence-electron chi connectivity index (χ0n) is 12.2. The molecular formula is C16H23N3. The van der Waals surface area contributed by atoms with E-state index in [-0.39, 0.29) is 5.92 Å². The lowest BCUT2D eigenvalue weighted by Gasteiger charge is -2.16. The van der Waals surface area contributed by atoms with Crippen LogP contribution in [0.3, 0.4) is 0 Å². The van der Waals surface area contributed by atoms with Gasteiger partial charge in [0.25, 0.3) is 0 Å². The van der Waals surface area contributed by atoms with Gasteiger partial charge in [0.1, 0.15) is 0 Å². The monoisotopic (exact) mass is 257 g/mol. The molecule has 2 aromatic rings. The first-order valence-corrected chi connectivity index (χ1v) is 6.85. The number of nitrogens with one attached hydrogen (secondary N) is 1. The second-order valence-corrected chi connectivity index (χ2v) is 5.55. The number of hydrogen-bond acceptors (Lipinski definition) is 2. The van der Waals surface area contributed by atoms with Gasteiger partial charge < -0.3 is 5.73 Å². The van der Waals surface area contributed by atoms with Crippen LogP contribution in [0, 0.1) is 13.8 Å². The third kappa shape index (κ3) is 2.87. The van der Waals surface area contributed by atoms with Crippen LogP contribution in [0.1, 0.15) is 53.8 Å². The number of aromatic amines is 1. The molecule has 0 amide bonds. The quantitative estimate of drug-likeness (QED) is 0.883. The van der Waals surface area contributed by atoms with Gasteiger partial charge in [0.15, 0.2) is 0 Å². The summed E-state index contributed by atoms with van der Waals surface area (Å²) < 4.78 is 0. The van der Waals surface area contributed by atoms with Crippen molar-refractivity contribution in [2.24, 2.45) is 5.73 Å². The van der Waals surface area contributed by atoms with Gasteiger partial charge >= 0.3 is 0 Å². The van der Waals surface area contributed by atoms with E-state index in [2.05, 4.69) is 62.2 Å². The molecule has 0 aliphatic rings. The van der Waals surface area contributed by atoms with Crippen molar-refractivity contribution in [3.8, 4) is 0 Å². The molecule has 3 nitrogen and oxygen atoms in total. The van der Waals surface area contributed by atoms with Crippen LogP contribution >= 0.6 is 0 Å². The summed E-state index contributed by atoms with van der Waals surface area (Å²) in [6.45, 7) is 9.13. The van der Waals surface area contributed by atoms with Crippen LogP contribution in [-0.2, 0) is 0 Å². The molecule has 1 aromatic carbocycles. The molecule has 0 aliphatic carbocycles. The van der Waals surface area contributed by atoms with E-state index in [0.717, 1.165) is 11.4 Å². The Kier molecular flexibility index (Phi) is 4.05. The van der Waals surface area contributed by atoms with Crippen LogP contribution in [0.25, 0.3) is 0 Å². The van der Waals surface area contributed by atoms with E-state index in [1.54, 1.807) is 0 Å². The average Bonchev–Trinajstić information content (AvgIpc) is 2.84. The smallest absolute Gasteiger partial charge is 0.0650 e. The Morgan fingerprint density at radius 3 is 2.53 bits per heavy atom. The Bertz CT molecular complexity index is 555. The van der Waals surface area contributed by atoms with Gasteiger partial charge in [-0.15, -0.1) is 0 Å². The average molecular weight is 257 g/mol. The molecule has 1 unspecified atom stereocenters. The summed E-state index contributed by atoms with van der Waals surface area (Å²) in [5, 5.41) is 7.53. The van der Waals surface area contributed by atoms with Gasteiger partial charge in [0, 0.05) is 18.2 Å². The normalized spacial score (nSPS) is 12.9. The first kappa shape index (κ1) is 13.8. The van der Waals surface area contributed by atoms with E-state index < -0.39 is 0 Å². The fraction of sp³-hybridized carbons (Fsp3) is 0.438. The van der Waals surface area contributed by atoms with E-state index in [1.165, 1.54) is 16.7 Å². The molecule has 0 saturated carbocycles. The molecule has 0 saturated heterocycles. The van der Waals surface area contributed by atoms with Gasteiger partial charge in [0.05, 0.1) is 5.69 Å². The van der Waals surface area contributed by atoms with Crippen LogP contribution in [0.15, 0.2) is 24.3 Å². The van der Waals surface area contributed by atoms with Gasteiger partial charge in [-0.25, -0.2) is 0 Å². The summed E-state index contributed by atoms with van der Waals surface area (Å²) >= 11 is 0. The number of nitrogens with zero attached hydrogens (tertiary/aromatic N) is 1. The zero-order chi connectivity index (χ0) is 14.0. The molecule has 3 N–H and O–H groups in total. The number of H-pyrrole nitrogens is 1. The van der Waals surface area contributed by atoms with Gasteiger partial charge in [-0.3, -0.25) is 5.10 Å². The van der Waals surface area contributed by atoms with Crippen LogP contribution in [-0.4, -0.2) is 16.7 Å². The molecule has 19 heavy (non-hydrogen) atoms. The molecule has 0 fully saturated rings. The Labute approximate surface area is 115 Å². The fourth-order valence-corrected chi connectivity index (χ4v) is 2.38. The summed E-state index contributed by atoms with van der Waals surface area (Å²) in [6.07, 6.45) is 0. The minimum atomic E-state index is 0.194. The van der Waals surface area contributed by atoms with Crippen molar-refractivity contribution in [1.82, 2.24) is 10.2 Å². The second kappa shape index (κ2) is 5.57. The Morgan fingerprint density at radius 2 is 1.95 bits per heavy atom. The van der Waals surface area contributed by atoms with E-state index >= 15 is 0 Å². The molecular weight excluding hydrogens is 234 g/mol. The van der Waals surface area contributed by atoms with Crippen molar-refractivity contribution < 1.29 is 0 Å². The predicted octanol–water partition coefficient (Wildman–Crippen LogP) is 3.24. The fourth-order valence-electron chi connectivity index (χ4n) is 2.38. The zero-order valence-corrected chi connectivity index (χ0v) is 12.2. The number of aryl methyl sites for hydroxylation is 2. The van der Waals surface area contributed by atoms with E-state index in [4.69, 9.17) is 5.73 Å². The largest absolute Gasteiger partial charge is 0.329 e. The molecule has 0 radical (unpaired) electrons. The molecule has 0 spiro atoms. The lowest BCUT2D eigenvalue weighted by atomic mass is 9.90. The molecule has 1 aromatic heterocycles. The Morgan fingerprint density at radius 1 is 1.21 bits per heavy atom. The van der Waals surface area contributed by atoms with Crippen LogP contribution in [0.2, 0.25) is 0 Å². The summed E-state index contributed by atoms with van der Waals surface area (Å²) in [5.41, 5.74) is 12.0. The van der Waals surface area contributed by atoms with Crippen LogP contribution < -0.4 is 5.73 Å². The van der Waals surface area contributed by atoms with E-state index in [9.17, 15) is 0 Å².